The van der Waals surface area contributed by atoms with Crippen LogP contribution in [0.4, 0.5) is 9.59 Å². The van der Waals surface area contributed by atoms with Gasteiger partial charge in [0.15, 0.2) is 0 Å². The molecular formula is C16H30N4O10S7. The molecule has 4 N–H and O–H groups in total. The number of amides is 2. The zero-order chi connectivity index (χ0) is 27.1. The first-order valence-electron chi connectivity index (χ1n) is 9.81. The predicted molar refractivity (Wildman–Crippen MR) is 157 cm³/mol. The minimum atomic E-state index is -0.571. The van der Waals surface area contributed by atoms with Crippen molar-refractivity contribution in [3.05, 3.63) is 0 Å². The molecule has 21 heteroatoms. The average Bonchev–Trinajstić information content (AvgIpc) is 2.89. The first-order valence-corrected chi connectivity index (χ1v) is 17.9. The van der Waals surface area contributed by atoms with E-state index in [1.807, 2.05) is 0 Å². The third-order valence-corrected chi connectivity index (χ3v) is 8.15. The Kier molecular flexibility index (Phi) is 31.8. The van der Waals surface area contributed by atoms with E-state index in [0.717, 1.165) is 6.40 Å². The molecule has 0 bridgehead atoms. The molecule has 37 heavy (non-hydrogen) atoms. The number of carbonyl (C=O) groups excluding carboxylic acids is 2. The highest BCUT2D eigenvalue weighted by Gasteiger charge is 2.02. The predicted octanol–water partition coefficient (Wildman–Crippen LogP) is 3.00. The van der Waals surface area contributed by atoms with Crippen LogP contribution in [0.15, 0.2) is 9.98 Å². The largest absolute Gasteiger partial charge is 0.438 e. The second kappa shape index (κ2) is 32.0. The van der Waals surface area contributed by atoms with Crippen LogP contribution < -0.4 is 10.6 Å². The highest BCUT2D eigenvalue weighted by molar-refractivity contribution is 8.16. The number of hydrogen-bond donors (Lipinski definition) is 4. The number of thioether (sulfide) groups is 7. The molecule has 0 aromatic rings. The number of aliphatic hydroxyl groups excluding tert-OH is 2. The molecule has 0 fully saturated rings. The fraction of sp³-hybridized carbons (Fsp3) is 0.750. The molecule has 216 valence electrons. The van der Waals surface area contributed by atoms with Crippen molar-refractivity contribution in [2.45, 2.75) is 0 Å². The van der Waals surface area contributed by atoms with Crippen molar-refractivity contribution < 1.29 is 48.8 Å². The third kappa shape index (κ3) is 31.9. The summed E-state index contributed by atoms with van der Waals surface area (Å²) < 4.78 is 9.86. The standard InChI is InChI=1S/C16H30N4O10S7/c21-7-33-13-36-10-26-16(24)20-6-32-3-17-1-27-29-11-35-9-25-15(23)19-5-31-4-18-2-28-30-12-37-14-34-8-22/h1-2,21-22H,3-14H2,(H,19,23)(H,20,24). The Labute approximate surface area is 244 Å². The Hall–Kier alpha value is -0.230. The van der Waals surface area contributed by atoms with Crippen LogP contribution in [-0.2, 0) is 29.0 Å². The molecule has 0 saturated carbocycles. The van der Waals surface area contributed by atoms with E-state index >= 15 is 0 Å². The molecule has 0 spiro atoms. The van der Waals surface area contributed by atoms with Gasteiger partial charge in [0.2, 0.25) is 12.8 Å². The second-order valence-electron chi connectivity index (χ2n) is 5.16. The van der Waals surface area contributed by atoms with Crippen molar-refractivity contribution in [2.75, 3.05) is 69.3 Å². The number of alkyl carbamates (subject to hydrolysis) is 2. The zero-order valence-corrected chi connectivity index (χ0v) is 25.3. The molecule has 0 aliphatic carbocycles. The molecule has 0 aliphatic rings. The van der Waals surface area contributed by atoms with E-state index in [2.05, 4.69) is 20.6 Å². The number of aliphatic imine (C=N–C) groups is 2. The summed E-state index contributed by atoms with van der Waals surface area (Å²) in [5, 5.41) is 23.6. The fourth-order valence-corrected chi connectivity index (χ4v) is 5.04. The maximum Gasteiger partial charge on any atom is 0.408 e. The van der Waals surface area contributed by atoms with Crippen LogP contribution in [0.5, 0.6) is 0 Å². The van der Waals surface area contributed by atoms with Crippen molar-refractivity contribution in [3.63, 3.8) is 0 Å². The number of nitrogens with zero attached hydrogens (tertiary/aromatic N) is 2. The van der Waals surface area contributed by atoms with E-state index in [4.69, 9.17) is 39.2 Å². The lowest BCUT2D eigenvalue weighted by atomic mass is 11.1. The number of hydrogen-bond acceptors (Lipinski definition) is 19. The van der Waals surface area contributed by atoms with Gasteiger partial charge in [0.1, 0.15) is 23.8 Å². The Balaban J connectivity index is 3.33. The molecule has 0 heterocycles. The van der Waals surface area contributed by atoms with Gasteiger partial charge in [-0.05, 0) is 0 Å². The fourth-order valence-electron chi connectivity index (χ4n) is 1.31. The van der Waals surface area contributed by atoms with Crippen LogP contribution in [0, 0.1) is 0 Å². The summed E-state index contributed by atoms with van der Waals surface area (Å²) in [6, 6.07) is 0. The van der Waals surface area contributed by atoms with Crippen molar-refractivity contribution in [1.82, 2.24) is 10.6 Å². The van der Waals surface area contributed by atoms with E-state index in [1.54, 1.807) is 0 Å². The quantitative estimate of drug-likeness (QED) is 0.0265. The maximum atomic E-state index is 11.5. The number of ether oxygens (including phenoxy) is 2. The van der Waals surface area contributed by atoms with Gasteiger partial charge < -0.3 is 40.1 Å². The van der Waals surface area contributed by atoms with Gasteiger partial charge in [-0.2, -0.15) is 9.78 Å². The summed E-state index contributed by atoms with van der Waals surface area (Å²) >= 11 is 9.40. The Bertz CT molecular complexity index is 602. The van der Waals surface area contributed by atoms with Crippen molar-refractivity contribution >= 4 is 107 Å². The Morgan fingerprint density at radius 1 is 0.649 bits per heavy atom. The molecule has 0 radical (unpaired) electrons. The van der Waals surface area contributed by atoms with Crippen molar-refractivity contribution in [3.8, 4) is 0 Å². The van der Waals surface area contributed by atoms with Crippen LogP contribution >= 0.6 is 82.3 Å². The molecule has 0 atom stereocenters. The number of nitrogens with one attached hydrogen (secondary N) is 2. The molecular weight excluding hydrogens is 633 g/mol. The topological polar surface area (TPSA) is 179 Å². The van der Waals surface area contributed by atoms with Gasteiger partial charge in [-0.15, -0.1) is 70.6 Å². The van der Waals surface area contributed by atoms with Crippen LogP contribution in [0.2, 0.25) is 0 Å². The third-order valence-electron chi connectivity index (χ3n) is 2.67. The molecule has 0 rings (SSSR count). The summed E-state index contributed by atoms with van der Waals surface area (Å²) in [6.45, 7) is 0. The molecule has 0 saturated heterocycles. The van der Waals surface area contributed by atoms with Gasteiger partial charge in [0.05, 0.1) is 35.4 Å². The summed E-state index contributed by atoms with van der Waals surface area (Å²) in [6.07, 6.45) is 1.21. The zero-order valence-electron chi connectivity index (χ0n) is 19.6. The SMILES string of the molecule is O=C(NCSCN=COOCSCSCO)OCSCOOC=NCSCNC(=O)OCSCSCO. The molecule has 0 aromatic carbocycles. The summed E-state index contributed by atoms with van der Waals surface area (Å²) in [5.41, 5.74) is 0. The van der Waals surface area contributed by atoms with Crippen LogP contribution in [0.25, 0.3) is 0 Å². The summed E-state index contributed by atoms with van der Waals surface area (Å²) in [7, 11) is 0. The number of rotatable bonds is 26. The van der Waals surface area contributed by atoms with Gasteiger partial charge >= 0.3 is 12.2 Å². The Morgan fingerprint density at radius 2 is 1.11 bits per heavy atom. The summed E-state index contributed by atoms with van der Waals surface area (Å²) in [5.74, 6) is 2.20. The van der Waals surface area contributed by atoms with Gasteiger partial charge in [0, 0.05) is 10.2 Å². The highest BCUT2D eigenvalue weighted by atomic mass is 32.2. The van der Waals surface area contributed by atoms with Crippen molar-refractivity contribution in [1.29, 1.82) is 0 Å². The maximum absolute atomic E-state index is 11.5. The first kappa shape index (κ1) is 36.8. The van der Waals surface area contributed by atoms with Gasteiger partial charge in [-0.3, -0.25) is 0 Å². The lowest BCUT2D eigenvalue weighted by Gasteiger charge is -2.06. The van der Waals surface area contributed by atoms with Crippen LogP contribution in [-0.4, -0.2) is 105 Å². The highest BCUT2D eigenvalue weighted by Crippen LogP contribution is 2.11. The molecule has 0 aromatic heterocycles. The Morgan fingerprint density at radius 3 is 1.62 bits per heavy atom. The molecule has 0 unspecified atom stereocenters. The number of aliphatic hydroxyl groups is 2. The minimum absolute atomic E-state index is 0.0390. The summed E-state index contributed by atoms with van der Waals surface area (Å²) in [4.78, 5) is 49.9. The van der Waals surface area contributed by atoms with Gasteiger partial charge in [-0.25, -0.2) is 19.6 Å². The second-order valence-corrected chi connectivity index (χ2v) is 12.5. The first-order chi connectivity index (χ1) is 18.2. The minimum Gasteiger partial charge on any atom is -0.438 e. The normalized spacial score (nSPS) is 11.1. The van der Waals surface area contributed by atoms with E-state index in [0.29, 0.717) is 39.6 Å². The van der Waals surface area contributed by atoms with E-state index in [-0.39, 0.29) is 29.7 Å². The van der Waals surface area contributed by atoms with Crippen molar-refractivity contribution in [2.24, 2.45) is 9.98 Å². The monoisotopic (exact) mass is 662 g/mol. The molecule has 2 amide bonds. The van der Waals surface area contributed by atoms with Crippen LogP contribution in [0.1, 0.15) is 0 Å². The van der Waals surface area contributed by atoms with Gasteiger partial charge in [-0.1, -0.05) is 11.8 Å². The average molecular weight is 663 g/mol. The lowest BCUT2D eigenvalue weighted by molar-refractivity contribution is -0.196. The lowest BCUT2D eigenvalue weighted by Crippen LogP contribution is -2.23. The number of carbonyl (C=O) groups is 2. The molecule has 14 nitrogen and oxygen atoms in total. The van der Waals surface area contributed by atoms with E-state index in [9.17, 15) is 9.59 Å². The van der Waals surface area contributed by atoms with E-state index in [1.165, 1.54) is 88.7 Å². The molecule has 0 aliphatic heterocycles. The van der Waals surface area contributed by atoms with E-state index < -0.39 is 12.2 Å². The van der Waals surface area contributed by atoms with Gasteiger partial charge in [0.25, 0.3) is 0 Å². The van der Waals surface area contributed by atoms with Crippen LogP contribution in [0.3, 0.4) is 0 Å². The smallest absolute Gasteiger partial charge is 0.408 e.